The van der Waals surface area contributed by atoms with Crippen molar-refractivity contribution in [2.24, 2.45) is 0 Å². The summed E-state index contributed by atoms with van der Waals surface area (Å²) in [4.78, 5) is 0. The molecule has 0 aliphatic carbocycles. The fourth-order valence-corrected chi connectivity index (χ4v) is 2.26. The molecule has 2 atom stereocenters. The molecule has 18 heavy (non-hydrogen) atoms. The van der Waals surface area contributed by atoms with E-state index in [0.29, 0.717) is 0 Å². The van der Waals surface area contributed by atoms with Crippen LogP contribution in [0, 0.1) is 0 Å². The lowest BCUT2D eigenvalue weighted by Gasteiger charge is -2.24. The second-order valence-electron chi connectivity index (χ2n) is 4.55. The summed E-state index contributed by atoms with van der Waals surface area (Å²) in [6.45, 7) is 8.13. The van der Waals surface area contributed by atoms with Crippen LogP contribution in [0.15, 0.2) is 24.3 Å². The van der Waals surface area contributed by atoms with Crippen molar-refractivity contribution in [3.05, 3.63) is 34.9 Å². The average Bonchev–Trinajstić information content (AvgIpc) is 2.35. The number of nitrogens with one attached hydrogen (secondary N) is 1. The number of rotatable bonds is 8. The van der Waals surface area contributed by atoms with Crippen LogP contribution in [0.4, 0.5) is 0 Å². The second-order valence-corrected chi connectivity index (χ2v) is 4.96. The number of hydrogen-bond donors (Lipinski definition) is 1. The van der Waals surface area contributed by atoms with E-state index in [-0.39, 0.29) is 12.2 Å². The van der Waals surface area contributed by atoms with Crippen molar-refractivity contribution in [1.29, 1.82) is 0 Å². The van der Waals surface area contributed by atoms with Gasteiger partial charge in [-0.15, -0.1) is 0 Å². The Morgan fingerprint density at radius 3 is 2.61 bits per heavy atom. The van der Waals surface area contributed by atoms with Crippen molar-refractivity contribution in [3.63, 3.8) is 0 Å². The summed E-state index contributed by atoms with van der Waals surface area (Å²) in [5, 5.41) is 4.12. The third-order valence-electron chi connectivity index (χ3n) is 2.92. The van der Waals surface area contributed by atoms with Crippen LogP contribution < -0.4 is 5.32 Å². The Labute approximate surface area is 116 Å². The summed E-state index contributed by atoms with van der Waals surface area (Å²) in [6.07, 6.45) is 2.50. The zero-order valence-corrected chi connectivity index (χ0v) is 12.3. The molecule has 1 rings (SSSR count). The summed E-state index contributed by atoms with van der Waals surface area (Å²) < 4.78 is 6.11. The van der Waals surface area contributed by atoms with Crippen LogP contribution in [0.2, 0.25) is 5.02 Å². The smallest absolute Gasteiger partial charge is 0.0967 e. The second kappa shape index (κ2) is 8.52. The molecule has 0 heterocycles. The highest BCUT2D eigenvalue weighted by molar-refractivity contribution is 6.31. The number of benzene rings is 1. The highest BCUT2D eigenvalue weighted by Crippen LogP contribution is 2.26. The van der Waals surface area contributed by atoms with Crippen LogP contribution >= 0.6 is 11.6 Å². The fourth-order valence-electron chi connectivity index (χ4n) is 2.00. The van der Waals surface area contributed by atoms with Crippen LogP contribution in [0.3, 0.4) is 0 Å². The SMILES string of the molecule is CCCC(C)OC(CNCC)c1ccccc1Cl. The first-order valence-corrected chi connectivity index (χ1v) is 7.17. The summed E-state index contributed by atoms with van der Waals surface area (Å²) in [7, 11) is 0. The van der Waals surface area contributed by atoms with E-state index in [9.17, 15) is 0 Å². The van der Waals surface area contributed by atoms with Gasteiger partial charge in [0.25, 0.3) is 0 Å². The molecule has 1 aromatic rings. The molecular weight excluding hydrogens is 246 g/mol. The van der Waals surface area contributed by atoms with E-state index in [1.165, 1.54) is 0 Å². The zero-order valence-electron chi connectivity index (χ0n) is 11.6. The van der Waals surface area contributed by atoms with Gasteiger partial charge in [0, 0.05) is 17.1 Å². The number of likely N-dealkylation sites (N-methyl/N-ethyl adjacent to an activating group) is 1. The summed E-state index contributed by atoms with van der Waals surface area (Å²) in [5.41, 5.74) is 1.07. The van der Waals surface area contributed by atoms with Gasteiger partial charge in [0.05, 0.1) is 12.2 Å². The highest BCUT2D eigenvalue weighted by Gasteiger charge is 2.17. The molecule has 0 spiro atoms. The Kier molecular flexibility index (Phi) is 7.33. The van der Waals surface area contributed by atoms with Gasteiger partial charge in [0.2, 0.25) is 0 Å². The van der Waals surface area contributed by atoms with E-state index in [1.54, 1.807) is 0 Å². The minimum Gasteiger partial charge on any atom is -0.369 e. The van der Waals surface area contributed by atoms with E-state index in [2.05, 4.69) is 26.1 Å². The quantitative estimate of drug-likeness (QED) is 0.764. The Morgan fingerprint density at radius 2 is 2.00 bits per heavy atom. The van der Waals surface area contributed by atoms with Gasteiger partial charge >= 0.3 is 0 Å². The van der Waals surface area contributed by atoms with E-state index < -0.39 is 0 Å². The number of hydrogen-bond acceptors (Lipinski definition) is 2. The zero-order chi connectivity index (χ0) is 13.4. The van der Waals surface area contributed by atoms with Gasteiger partial charge in [0.15, 0.2) is 0 Å². The van der Waals surface area contributed by atoms with Gasteiger partial charge in [-0.1, -0.05) is 50.1 Å². The van der Waals surface area contributed by atoms with Gasteiger partial charge in [-0.25, -0.2) is 0 Å². The maximum absolute atomic E-state index is 6.25. The lowest BCUT2D eigenvalue weighted by atomic mass is 10.1. The first-order chi connectivity index (χ1) is 8.69. The van der Waals surface area contributed by atoms with E-state index in [0.717, 1.165) is 36.5 Å². The standard InChI is InChI=1S/C15H24ClNO/c1-4-8-12(3)18-15(11-17-5-2)13-9-6-7-10-14(13)16/h6-7,9-10,12,15,17H,4-5,8,11H2,1-3H3. The predicted octanol–water partition coefficient (Wildman–Crippen LogP) is 4.20. The predicted molar refractivity (Wildman–Crippen MR) is 78.2 cm³/mol. The molecule has 0 aliphatic heterocycles. The third-order valence-corrected chi connectivity index (χ3v) is 3.27. The number of halogens is 1. The topological polar surface area (TPSA) is 21.3 Å². The van der Waals surface area contributed by atoms with Gasteiger partial charge in [-0.2, -0.15) is 0 Å². The third kappa shape index (κ3) is 4.97. The van der Waals surface area contributed by atoms with Crippen LogP contribution in [-0.2, 0) is 4.74 Å². The van der Waals surface area contributed by atoms with Crippen molar-refractivity contribution >= 4 is 11.6 Å². The first-order valence-electron chi connectivity index (χ1n) is 6.79. The van der Waals surface area contributed by atoms with Crippen molar-refractivity contribution in [2.75, 3.05) is 13.1 Å². The summed E-state index contributed by atoms with van der Waals surface area (Å²) >= 11 is 6.25. The van der Waals surface area contributed by atoms with Crippen LogP contribution in [0.1, 0.15) is 45.3 Å². The van der Waals surface area contributed by atoms with E-state index >= 15 is 0 Å². The van der Waals surface area contributed by atoms with Gasteiger partial charge in [-0.3, -0.25) is 0 Å². The molecule has 0 saturated carbocycles. The summed E-state index contributed by atoms with van der Waals surface area (Å²) in [5.74, 6) is 0. The normalized spacial score (nSPS) is 14.4. The molecule has 0 amide bonds. The molecule has 0 radical (unpaired) electrons. The Morgan fingerprint density at radius 1 is 1.28 bits per heavy atom. The highest BCUT2D eigenvalue weighted by atomic mass is 35.5. The minimum atomic E-state index is 0.0280. The first kappa shape index (κ1) is 15.5. The maximum Gasteiger partial charge on any atom is 0.0967 e. The largest absolute Gasteiger partial charge is 0.369 e. The summed E-state index contributed by atoms with van der Waals surface area (Å²) in [6, 6.07) is 7.92. The molecule has 2 unspecified atom stereocenters. The molecule has 0 aliphatic rings. The molecule has 3 heteroatoms. The van der Waals surface area contributed by atoms with Crippen LogP contribution in [-0.4, -0.2) is 19.2 Å². The molecule has 0 saturated heterocycles. The Balaban J connectivity index is 2.74. The monoisotopic (exact) mass is 269 g/mol. The molecular formula is C15H24ClNO. The Hall–Kier alpha value is -0.570. The van der Waals surface area contributed by atoms with E-state index in [4.69, 9.17) is 16.3 Å². The van der Waals surface area contributed by atoms with Crippen LogP contribution in [0.25, 0.3) is 0 Å². The molecule has 0 fully saturated rings. The van der Waals surface area contributed by atoms with Gasteiger partial charge < -0.3 is 10.1 Å². The van der Waals surface area contributed by atoms with Gasteiger partial charge in [-0.05, 0) is 26.0 Å². The molecule has 2 nitrogen and oxygen atoms in total. The number of ether oxygens (including phenoxy) is 1. The lowest BCUT2D eigenvalue weighted by molar-refractivity contribution is -0.00691. The minimum absolute atomic E-state index is 0.0280. The molecule has 1 aromatic carbocycles. The molecule has 1 N–H and O–H groups in total. The van der Waals surface area contributed by atoms with Crippen molar-refractivity contribution < 1.29 is 4.74 Å². The van der Waals surface area contributed by atoms with Crippen molar-refractivity contribution in [2.45, 2.75) is 45.8 Å². The van der Waals surface area contributed by atoms with Gasteiger partial charge in [0.1, 0.15) is 0 Å². The van der Waals surface area contributed by atoms with E-state index in [1.807, 2.05) is 24.3 Å². The molecule has 0 bridgehead atoms. The lowest BCUT2D eigenvalue weighted by Crippen LogP contribution is -2.26. The fraction of sp³-hybridized carbons (Fsp3) is 0.600. The molecule has 0 aromatic heterocycles. The van der Waals surface area contributed by atoms with Crippen LogP contribution in [0.5, 0.6) is 0 Å². The van der Waals surface area contributed by atoms with Crippen molar-refractivity contribution in [1.82, 2.24) is 5.32 Å². The Bertz CT molecular complexity index is 343. The maximum atomic E-state index is 6.25. The average molecular weight is 270 g/mol. The van der Waals surface area contributed by atoms with Crippen molar-refractivity contribution in [3.8, 4) is 0 Å². The molecule has 102 valence electrons.